The van der Waals surface area contributed by atoms with Crippen molar-refractivity contribution in [1.82, 2.24) is 5.32 Å². The van der Waals surface area contributed by atoms with Crippen molar-refractivity contribution < 1.29 is 0 Å². The van der Waals surface area contributed by atoms with Crippen molar-refractivity contribution in [2.45, 2.75) is 17.9 Å². The van der Waals surface area contributed by atoms with Gasteiger partial charge in [-0.05, 0) is 11.6 Å². The number of hydrogen-bond donors (Lipinski definition) is 1. The average molecular weight is 254 g/mol. The predicted molar refractivity (Wildman–Crippen MR) is 73.9 cm³/mol. The normalized spacial score (nSPS) is 12.1. The molecule has 0 saturated heterocycles. The van der Waals surface area contributed by atoms with Crippen LogP contribution in [0.1, 0.15) is 12.5 Å². The standard InChI is InChI=1S/C13H16ClNS/c1-3-8-15-9-11(2)16-10-12-6-4-5-7-13(12)14/h1,4-7,11,15H,8-10H2,2H3. The number of nitrogens with one attached hydrogen (secondary N) is 1. The third kappa shape index (κ3) is 4.94. The fraction of sp³-hybridized carbons (Fsp3) is 0.385. The summed E-state index contributed by atoms with van der Waals surface area (Å²) < 4.78 is 0. The fourth-order valence-corrected chi connectivity index (χ4v) is 2.49. The van der Waals surface area contributed by atoms with E-state index in [2.05, 4.69) is 24.2 Å². The molecule has 0 spiro atoms. The Morgan fingerprint density at radius 1 is 1.50 bits per heavy atom. The highest BCUT2D eigenvalue weighted by atomic mass is 35.5. The maximum absolute atomic E-state index is 6.08. The molecule has 0 aliphatic rings. The lowest BCUT2D eigenvalue weighted by Gasteiger charge is -2.11. The minimum atomic E-state index is 0.532. The second kappa shape index (κ2) is 7.62. The molecule has 0 fully saturated rings. The van der Waals surface area contributed by atoms with Gasteiger partial charge in [-0.15, -0.1) is 6.42 Å². The lowest BCUT2D eigenvalue weighted by Crippen LogP contribution is -2.22. The van der Waals surface area contributed by atoms with Crippen LogP contribution in [-0.4, -0.2) is 18.3 Å². The Morgan fingerprint density at radius 2 is 2.25 bits per heavy atom. The van der Waals surface area contributed by atoms with Gasteiger partial charge in [-0.2, -0.15) is 11.8 Å². The highest BCUT2D eigenvalue weighted by Gasteiger charge is 2.04. The summed E-state index contributed by atoms with van der Waals surface area (Å²) in [7, 11) is 0. The molecule has 3 heteroatoms. The molecule has 1 unspecified atom stereocenters. The number of terminal acetylenes is 1. The zero-order valence-electron chi connectivity index (χ0n) is 9.37. The Kier molecular flexibility index (Phi) is 6.40. The van der Waals surface area contributed by atoms with Gasteiger partial charge in [0.15, 0.2) is 0 Å². The Hall–Kier alpha value is -0.620. The Morgan fingerprint density at radius 3 is 2.94 bits per heavy atom. The SMILES string of the molecule is C#CCNCC(C)SCc1ccccc1Cl. The topological polar surface area (TPSA) is 12.0 Å². The van der Waals surface area contributed by atoms with Gasteiger partial charge in [0.1, 0.15) is 0 Å². The van der Waals surface area contributed by atoms with Crippen molar-refractivity contribution in [1.29, 1.82) is 0 Å². The van der Waals surface area contributed by atoms with E-state index < -0.39 is 0 Å². The summed E-state index contributed by atoms with van der Waals surface area (Å²) in [4.78, 5) is 0. The fourth-order valence-electron chi connectivity index (χ4n) is 1.25. The van der Waals surface area contributed by atoms with Crippen LogP contribution in [0, 0.1) is 12.3 Å². The van der Waals surface area contributed by atoms with E-state index in [0.29, 0.717) is 11.8 Å². The molecule has 0 saturated carbocycles. The molecule has 0 aliphatic carbocycles. The van der Waals surface area contributed by atoms with Crippen LogP contribution in [-0.2, 0) is 5.75 Å². The van der Waals surface area contributed by atoms with Crippen molar-refractivity contribution >= 4 is 23.4 Å². The van der Waals surface area contributed by atoms with E-state index in [1.54, 1.807) is 0 Å². The summed E-state index contributed by atoms with van der Waals surface area (Å²) in [5, 5.41) is 4.57. The monoisotopic (exact) mass is 253 g/mol. The van der Waals surface area contributed by atoms with E-state index in [-0.39, 0.29) is 0 Å². The molecule has 1 N–H and O–H groups in total. The van der Waals surface area contributed by atoms with Crippen LogP contribution in [0.4, 0.5) is 0 Å². The zero-order chi connectivity index (χ0) is 11.8. The molecule has 0 aromatic heterocycles. The van der Waals surface area contributed by atoms with E-state index in [1.165, 1.54) is 5.56 Å². The maximum Gasteiger partial charge on any atom is 0.0574 e. The molecule has 1 nitrogen and oxygen atoms in total. The summed E-state index contributed by atoms with van der Waals surface area (Å²) in [5.74, 6) is 3.51. The molecule has 0 aliphatic heterocycles. The molecular formula is C13H16ClNS. The largest absolute Gasteiger partial charge is 0.305 e. The van der Waals surface area contributed by atoms with Crippen LogP contribution in [0.2, 0.25) is 5.02 Å². The molecule has 1 atom stereocenters. The van der Waals surface area contributed by atoms with Gasteiger partial charge in [-0.1, -0.05) is 42.6 Å². The predicted octanol–water partition coefficient (Wildman–Crippen LogP) is 3.18. The van der Waals surface area contributed by atoms with Gasteiger partial charge in [0.05, 0.1) is 6.54 Å². The molecular weight excluding hydrogens is 238 g/mol. The van der Waals surface area contributed by atoms with Crippen LogP contribution >= 0.6 is 23.4 Å². The molecule has 0 radical (unpaired) electrons. The Bertz CT molecular complexity index is 359. The summed E-state index contributed by atoms with van der Waals surface area (Å²) in [6, 6.07) is 7.97. The minimum Gasteiger partial charge on any atom is -0.305 e. The number of benzene rings is 1. The lowest BCUT2D eigenvalue weighted by atomic mass is 10.2. The van der Waals surface area contributed by atoms with Gasteiger partial charge in [-0.3, -0.25) is 0 Å². The van der Waals surface area contributed by atoms with Crippen LogP contribution < -0.4 is 5.32 Å². The van der Waals surface area contributed by atoms with Gasteiger partial charge in [0.25, 0.3) is 0 Å². The first-order valence-corrected chi connectivity index (χ1v) is 6.66. The van der Waals surface area contributed by atoms with Crippen molar-refractivity contribution in [3.8, 4) is 12.3 Å². The van der Waals surface area contributed by atoms with E-state index in [4.69, 9.17) is 18.0 Å². The first kappa shape index (κ1) is 13.4. The van der Waals surface area contributed by atoms with Crippen molar-refractivity contribution in [3.63, 3.8) is 0 Å². The molecule has 1 rings (SSSR count). The molecule has 0 heterocycles. The highest BCUT2D eigenvalue weighted by Crippen LogP contribution is 2.23. The number of hydrogen-bond acceptors (Lipinski definition) is 2. The summed E-state index contributed by atoms with van der Waals surface area (Å²) in [5.41, 5.74) is 1.19. The van der Waals surface area contributed by atoms with Gasteiger partial charge in [0, 0.05) is 22.6 Å². The number of rotatable bonds is 6. The van der Waals surface area contributed by atoms with E-state index >= 15 is 0 Å². The van der Waals surface area contributed by atoms with Crippen LogP contribution in [0.3, 0.4) is 0 Å². The van der Waals surface area contributed by atoms with Crippen LogP contribution in [0.25, 0.3) is 0 Å². The maximum atomic E-state index is 6.08. The molecule has 16 heavy (non-hydrogen) atoms. The van der Waals surface area contributed by atoms with Gasteiger partial charge >= 0.3 is 0 Å². The number of halogens is 1. The molecule has 86 valence electrons. The second-order valence-corrected chi connectivity index (χ2v) is 5.38. The summed E-state index contributed by atoms with van der Waals surface area (Å²) in [6.07, 6.45) is 5.16. The smallest absolute Gasteiger partial charge is 0.0574 e. The highest BCUT2D eigenvalue weighted by molar-refractivity contribution is 7.99. The van der Waals surface area contributed by atoms with Crippen molar-refractivity contribution in [2.24, 2.45) is 0 Å². The first-order chi connectivity index (χ1) is 7.74. The summed E-state index contributed by atoms with van der Waals surface area (Å²) >= 11 is 7.96. The van der Waals surface area contributed by atoms with Crippen molar-refractivity contribution in [3.05, 3.63) is 34.9 Å². The first-order valence-electron chi connectivity index (χ1n) is 5.23. The van der Waals surface area contributed by atoms with Crippen LogP contribution in [0.5, 0.6) is 0 Å². The molecule has 1 aromatic carbocycles. The number of thioether (sulfide) groups is 1. The van der Waals surface area contributed by atoms with Gasteiger partial charge in [0.2, 0.25) is 0 Å². The van der Waals surface area contributed by atoms with Gasteiger partial charge in [-0.25, -0.2) is 0 Å². The zero-order valence-corrected chi connectivity index (χ0v) is 10.9. The molecule has 0 bridgehead atoms. The van der Waals surface area contributed by atoms with E-state index in [0.717, 1.165) is 17.3 Å². The minimum absolute atomic E-state index is 0.532. The third-order valence-corrected chi connectivity index (χ3v) is 3.72. The van der Waals surface area contributed by atoms with Crippen LogP contribution in [0.15, 0.2) is 24.3 Å². The van der Waals surface area contributed by atoms with E-state index in [1.807, 2.05) is 30.0 Å². The van der Waals surface area contributed by atoms with Gasteiger partial charge < -0.3 is 5.32 Å². The average Bonchev–Trinajstić information content (AvgIpc) is 2.28. The molecule has 1 aromatic rings. The summed E-state index contributed by atoms with van der Waals surface area (Å²) in [6.45, 7) is 3.75. The Labute approximate surface area is 107 Å². The molecule has 0 amide bonds. The van der Waals surface area contributed by atoms with Crippen molar-refractivity contribution in [2.75, 3.05) is 13.1 Å². The Balaban J connectivity index is 2.29. The third-order valence-electron chi connectivity index (χ3n) is 2.14. The quantitative estimate of drug-likeness (QED) is 0.617. The second-order valence-electron chi connectivity index (χ2n) is 3.55. The lowest BCUT2D eigenvalue weighted by molar-refractivity contribution is 0.748. The van der Waals surface area contributed by atoms with E-state index in [9.17, 15) is 0 Å².